The molecule has 1 unspecified atom stereocenters. The average Bonchev–Trinajstić information content (AvgIpc) is 2.42. The van der Waals surface area contributed by atoms with Crippen molar-refractivity contribution in [3.05, 3.63) is 34.9 Å². The third kappa shape index (κ3) is 5.72. The standard InChI is InChI=1S/C16H26ClNO3Si/c1-16(2,3)22(4,5)21-11-14(19)10-18-15(20)12-6-8-13(17)9-7-12/h6-9,14,19H,10-11H2,1-5H3,(H,18,20). The fraction of sp³-hybridized carbons (Fsp3) is 0.562. The fourth-order valence-corrected chi connectivity index (χ4v) is 2.66. The van der Waals surface area contributed by atoms with E-state index in [4.69, 9.17) is 16.0 Å². The van der Waals surface area contributed by atoms with Crippen LogP contribution in [0.3, 0.4) is 0 Å². The molecule has 4 nitrogen and oxygen atoms in total. The minimum absolute atomic E-state index is 0.0965. The van der Waals surface area contributed by atoms with Crippen LogP contribution in [-0.2, 0) is 4.43 Å². The topological polar surface area (TPSA) is 58.6 Å². The first-order valence-corrected chi connectivity index (χ1v) is 10.7. The quantitative estimate of drug-likeness (QED) is 0.778. The maximum atomic E-state index is 11.9. The van der Waals surface area contributed by atoms with E-state index in [0.717, 1.165) is 0 Å². The van der Waals surface area contributed by atoms with E-state index in [1.54, 1.807) is 24.3 Å². The van der Waals surface area contributed by atoms with Crippen molar-refractivity contribution in [1.82, 2.24) is 5.32 Å². The van der Waals surface area contributed by atoms with Gasteiger partial charge in [0.1, 0.15) is 0 Å². The maximum Gasteiger partial charge on any atom is 0.251 e. The molecule has 0 fully saturated rings. The molecular weight excluding hydrogens is 318 g/mol. The van der Waals surface area contributed by atoms with Gasteiger partial charge in [0.15, 0.2) is 8.32 Å². The van der Waals surface area contributed by atoms with E-state index in [-0.39, 0.29) is 24.1 Å². The van der Waals surface area contributed by atoms with Crippen molar-refractivity contribution < 1.29 is 14.3 Å². The SMILES string of the molecule is CC(C)(C)[Si](C)(C)OCC(O)CNC(=O)c1ccc(Cl)cc1. The number of benzene rings is 1. The van der Waals surface area contributed by atoms with Crippen molar-refractivity contribution >= 4 is 25.8 Å². The van der Waals surface area contributed by atoms with Gasteiger partial charge in [0.25, 0.3) is 5.91 Å². The Kier molecular flexibility index (Phi) is 6.61. The number of amides is 1. The molecule has 0 aliphatic carbocycles. The summed E-state index contributed by atoms with van der Waals surface area (Å²) in [6.45, 7) is 11.1. The zero-order valence-electron chi connectivity index (χ0n) is 13.9. The number of carbonyl (C=O) groups is 1. The van der Waals surface area contributed by atoms with Gasteiger partial charge in [-0.1, -0.05) is 32.4 Å². The molecular formula is C16H26ClNO3Si. The summed E-state index contributed by atoms with van der Waals surface area (Å²) >= 11 is 5.78. The van der Waals surface area contributed by atoms with Crippen LogP contribution >= 0.6 is 11.6 Å². The number of carbonyl (C=O) groups excluding carboxylic acids is 1. The van der Waals surface area contributed by atoms with Crippen LogP contribution in [0.25, 0.3) is 0 Å². The van der Waals surface area contributed by atoms with E-state index >= 15 is 0 Å². The molecule has 1 rings (SSSR count). The number of rotatable bonds is 6. The zero-order chi connectivity index (χ0) is 17.0. The van der Waals surface area contributed by atoms with Gasteiger partial charge >= 0.3 is 0 Å². The van der Waals surface area contributed by atoms with Crippen LogP contribution in [0.15, 0.2) is 24.3 Å². The first-order valence-electron chi connectivity index (χ1n) is 7.39. The van der Waals surface area contributed by atoms with Crippen LogP contribution in [0.1, 0.15) is 31.1 Å². The predicted molar refractivity (Wildman–Crippen MR) is 92.9 cm³/mol. The monoisotopic (exact) mass is 343 g/mol. The van der Waals surface area contributed by atoms with Crippen LogP contribution in [0.5, 0.6) is 0 Å². The average molecular weight is 344 g/mol. The third-order valence-electron chi connectivity index (χ3n) is 4.05. The molecule has 0 saturated carbocycles. The number of aliphatic hydroxyl groups is 1. The fourth-order valence-electron chi connectivity index (χ4n) is 1.49. The summed E-state index contributed by atoms with van der Waals surface area (Å²) in [5.74, 6) is -0.233. The summed E-state index contributed by atoms with van der Waals surface area (Å²) in [5, 5.41) is 13.4. The van der Waals surface area contributed by atoms with Gasteiger partial charge in [0, 0.05) is 17.1 Å². The molecule has 2 N–H and O–H groups in total. The van der Waals surface area contributed by atoms with Gasteiger partial charge in [-0.05, 0) is 42.4 Å². The van der Waals surface area contributed by atoms with E-state index in [9.17, 15) is 9.90 Å². The van der Waals surface area contributed by atoms with Crippen molar-refractivity contribution in [3.8, 4) is 0 Å². The molecule has 6 heteroatoms. The molecule has 0 bridgehead atoms. The molecule has 0 radical (unpaired) electrons. The molecule has 1 aromatic rings. The van der Waals surface area contributed by atoms with Gasteiger partial charge in [-0.2, -0.15) is 0 Å². The van der Waals surface area contributed by atoms with Gasteiger partial charge in [0.2, 0.25) is 0 Å². The number of aliphatic hydroxyl groups excluding tert-OH is 1. The largest absolute Gasteiger partial charge is 0.414 e. The normalized spacial score (nSPS) is 13.8. The second-order valence-corrected chi connectivity index (χ2v) is 12.2. The Morgan fingerprint density at radius 3 is 2.36 bits per heavy atom. The number of halogens is 1. The van der Waals surface area contributed by atoms with Gasteiger partial charge in [0.05, 0.1) is 12.7 Å². The Labute approximate surface area is 139 Å². The molecule has 0 heterocycles. The molecule has 0 aliphatic heterocycles. The van der Waals surface area contributed by atoms with Crippen molar-refractivity contribution in [3.63, 3.8) is 0 Å². The van der Waals surface area contributed by atoms with E-state index in [1.165, 1.54) is 0 Å². The molecule has 0 aliphatic rings. The Morgan fingerprint density at radius 2 is 1.86 bits per heavy atom. The molecule has 0 aromatic heterocycles. The van der Waals surface area contributed by atoms with Gasteiger partial charge < -0.3 is 14.8 Å². The second-order valence-electron chi connectivity index (χ2n) is 6.94. The number of hydrogen-bond donors (Lipinski definition) is 2. The van der Waals surface area contributed by atoms with Crippen molar-refractivity contribution in [2.45, 2.75) is 45.0 Å². The molecule has 1 amide bonds. The summed E-state index contributed by atoms with van der Waals surface area (Å²) < 4.78 is 5.93. The second kappa shape index (κ2) is 7.59. The summed E-state index contributed by atoms with van der Waals surface area (Å²) in [5.41, 5.74) is 0.516. The zero-order valence-corrected chi connectivity index (χ0v) is 15.7. The minimum atomic E-state index is -1.88. The van der Waals surface area contributed by atoms with Gasteiger partial charge in [-0.25, -0.2) is 0 Å². The number of nitrogens with one attached hydrogen (secondary N) is 1. The smallest absolute Gasteiger partial charge is 0.251 e. The Morgan fingerprint density at radius 1 is 1.32 bits per heavy atom. The third-order valence-corrected chi connectivity index (χ3v) is 8.80. The van der Waals surface area contributed by atoms with Crippen LogP contribution in [0.4, 0.5) is 0 Å². The van der Waals surface area contributed by atoms with Gasteiger partial charge in [-0.3, -0.25) is 4.79 Å². The van der Waals surface area contributed by atoms with Crippen molar-refractivity contribution in [2.75, 3.05) is 13.2 Å². The van der Waals surface area contributed by atoms with Crippen LogP contribution in [-0.4, -0.2) is 38.6 Å². The molecule has 124 valence electrons. The minimum Gasteiger partial charge on any atom is -0.414 e. The molecule has 22 heavy (non-hydrogen) atoms. The lowest BCUT2D eigenvalue weighted by atomic mass is 10.2. The van der Waals surface area contributed by atoms with E-state index in [1.807, 2.05) is 0 Å². The predicted octanol–water partition coefficient (Wildman–Crippen LogP) is 3.45. The highest BCUT2D eigenvalue weighted by Crippen LogP contribution is 2.36. The summed E-state index contributed by atoms with van der Waals surface area (Å²) in [7, 11) is -1.88. The van der Waals surface area contributed by atoms with Crippen molar-refractivity contribution in [2.24, 2.45) is 0 Å². The summed E-state index contributed by atoms with van der Waals surface area (Å²) in [4.78, 5) is 11.9. The molecule has 1 atom stereocenters. The van der Waals surface area contributed by atoms with Crippen LogP contribution in [0, 0.1) is 0 Å². The molecule has 0 spiro atoms. The highest BCUT2D eigenvalue weighted by molar-refractivity contribution is 6.74. The Hall–Kier alpha value is -0.883. The van der Waals surface area contributed by atoms with E-state index in [0.29, 0.717) is 10.6 Å². The van der Waals surface area contributed by atoms with Crippen LogP contribution < -0.4 is 5.32 Å². The number of hydrogen-bond acceptors (Lipinski definition) is 3. The van der Waals surface area contributed by atoms with Gasteiger partial charge in [-0.15, -0.1) is 0 Å². The Bertz CT molecular complexity index is 497. The Balaban J connectivity index is 2.42. The molecule has 0 saturated heterocycles. The lowest BCUT2D eigenvalue weighted by Crippen LogP contribution is -2.44. The highest BCUT2D eigenvalue weighted by atomic mass is 35.5. The van der Waals surface area contributed by atoms with Crippen molar-refractivity contribution in [1.29, 1.82) is 0 Å². The lowest BCUT2D eigenvalue weighted by Gasteiger charge is -2.36. The highest BCUT2D eigenvalue weighted by Gasteiger charge is 2.37. The lowest BCUT2D eigenvalue weighted by molar-refractivity contribution is 0.0821. The first kappa shape index (κ1) is 19.2. The van der Waals surface area contributed by atoms with E-state index < -0.39 is 14.4 Å². The van der Waals surface area contributed by atoms with Crippen LogP contribution in [0.2, 0.25) is 23.2 Å². The maximum absolute atomic E-state index is 11.9. The van der Waals surface area contributed by atoms with E-state index in [2.05, 4.69) is 39.2 Å². The summed E-state index contributed by atoms with van der Waals surface area (Å²) in [6.07, 6.45) is -0.717. The molecule has 1 aromatic carbocycles. The summed E-state index contributed by atoms with van der Waals surface area (Å²) in [6, 6.07) is 6.62. The first-order chi connectivity index (χ1) is 10.0.